The molecule has 1 amide bonds. The number of rotatable bonds is 7. The average molecular weight is 304 g/mol. The van der Waals surface area contributed by atoms with Crippen molar-refractivity contribution >= 4 is 5.91 Å². The van der Waals surface area contributed by atoms with Crippen LogP contribution in [-0.4, -0.2) is 47.8 Å². The molecular formula is C14H19F3N2O2. The van der Waals surface area contributed by atoms with Gasteiger partial charge in [-0.15, -0.1) is 0 Å². The summed E-state index contributed by atoms with van der Waals surface area (Å²) in [5.74, 6) is -0.794. The standard InChI is InChI=1S/C14H19F3N2O2/c15-14(16,17)10-19(8-9-20)13(21)12(18)7-6-11-4-2-1-3-5-11/h1-5,12,20H,6-10,18H2. The summed E-state index contributed by atoms with van der Waals surface area (Å²) in [5, 5.41) is 8.77. The van der Waals surface area contributed by atoms with Crippen molar-refractivity contribution in [3.8, 4) is 0 Å². The molecule has 7 heteroatoms. The number of amides is 1. The Balaban J connectivity index is 2.57. The Labute approximate surface area is 121 Å². The maximum absolute atomic E-state index is 12.4. The molecule has 21 heavy (non-hydrogen) atoms. The molecule has 0 aliphatic rings. The van der Waals surface area contributed by atoms with Crippen molar-refractivity contribution in [3.05, 3.63) is 35.9 Å². The lowest BCUT2D eigenvalue weighted by Gasteiger charge is -2.26. The van der Waals surface area contributed by atoms with Crippen molar-refractivity contribution in [3.63, 3.8) is 0 Å². The van der Waals surface area contributed by atoms with Gasteiger partial charge in [-0.25, -0.2) is 0 Å². The first kappa shape index (κ1) is 17.5. The molecule has 118 valence electrons. The topological polar surface area (TPSA) is 66.6 Å². The first-order valence-corrected chi connectivity index (χ1v) is 6.59. The van der Waals surface area contributed by atoms with Gasteiger partial charge in [0.25, 0.3) is 0 Å². The van der Waals surface area contributed by atoms with Gasteiger partial charge in [0.2, 0.25) is 5.91 Å². The molecule has 0 spiro atoms. The molecule has 4 nitrogen and oxygen atoms in total. The van der Waals surface area contributed by atoms with Crippen LogP contribution in [0, 0.1) is 0 Å². The second-order valence-electron chi connectivity index (χ2n) is 4.73. The number of halogens is 3. The van der Waals surface area contributed by atoms with E-state index in [0.29, 0.717) is 11.3 Å². The van der Waals surface area contributed by atoms with Gasteiger partial charge in [0.05, 0.1) is 12.6 Å². The highest BCUT2D eigenvalue weighted by atomic mass is 19.4. The van der Waals surface area contributed by atoms with E-state index in [4.69, 9.17) is 10.8 Å². The summed E-state index contributed by atoms with van der Waals surface area (Å²) < 4.78 is 37.2. The number of alkyl halides is 3. The van der Waals surface area contributed by atoms with E-state index >= 15 is 0 Å². The van der Waals surface area contributed by atoms with E-state index in [1.807, 2.05) is 30.3 Å². The van der Waals surface area contributed by atoms with Gasteiger partial charge in [-0.1, -0.05) is 30.3 Å². The summed E-state index contributed by atoms with van der Waals surface area (Å²) in [7, 11) is 0. The van der Waals surface area contributed by atoms with E-state index in [2.05, 4.69) is 0 Å². The minimum Gasteiger partial charge on any atom is -0.395 e. The van der Waals surface area contributed by atoms with Crippen molar-refractivity contribution in [2.75, 3.05) is 19.7 Å². The number of hydrogen-bond acceptors (Lipinski definition) is 3. The average Bonchev–Trinajstić information content (AvgIpc) is 2.43. The summed E-state index contributed by atoms with van der Waals surface area (Å²) in [4.78, 5) is 12.5. The van der Waals surface area contributed by atoms with Crippen LogP contribution < -0.4 is 5.73 Å². The third kappa shape index (κ3) is 6.59. The predicted octanol–water partition coefficient (Wildman–Crippen LogP) is 1.33. The maximum atomic E-state index is 12.4. The lowest BCUT2D eigenvalue weighted by molar-refractivity contribution is -0.162. The molecule has 0 saturated carbocycles. The molecule has 0 heterocycles. The van der Waals surface area contributed by atoms with E-state index in [9.17, 15) is 18.0 Å². The van der Waals surface area contributed by atoms with Gasteiger partial charge in [0.1, 0.15) is 6.54 Å². The Bertz CT molecular complexity index is 438. The summed E-state index contributed by atoms with van der Waals surface area (Å²) >= 11 is 0. The third-order valence-electron chi connectivity index (χ3n) is 2.96. The van der Waals surface area contributed by atoms with Crippen LogP contribution in [0.2, 0.25) is 0 Å². The second kappa shape index (κ2) is 7.99. The van der Waals surface area contributed by atoms with E-state index in [1.54, 1.807) is 0 Å². The molecule has 1 atom stereocenters. The predicted molar refractivity (Wildman–Crippen MR) is 72.5 cm³/mol. The van der Waals surface area contributed by atoms with Crippen molar-refractivity contribution < 1.29 is 23.1 Å². The molecule has 0 aliphatic carbocycles. The lowest BCUT2D eigenvalue weighted by atomic mass is 10.0. The SMILES string of the molecule is NC(CCc1ccccc1)C(=O)N(CCO)CC(F)(F)F. The van der Waals surface area contributed by atoms with Crippen LogP contribution in [0.5, 0.6) is 0 Å². The molecule has 0 saturated heterocycles. The molecule has 3 N–H and O–H groups in total. The van der Waals surface area contributed by atoms with Gasteiger partial charge < -0.3 is 15.7 Å². The van der Waals surface area contributed by atoms with Crippen LogP contribution in [-0.2, 0) is 11.2 Å². The second-order valence-corrected chi connectivity index (χ2v) is 4.73. The Kier molecular flexibility index (Phi) is 6.64. The maximum Gasteiger partial charge on any atom is 0.406 e. The van der Waals surface area contributed by atoms with Crippen molar-refractivity contribution in [2.24, 2.45) is 5.73 Å². The van der Waals surface area contributed by atoms with Crippen LogP contribution in [0.4, 0.5) is 13.2 Å². The molecule has 0 aromatic heterocycles. The Morgan fingerprint density at radius 1 is 1.29 bits per heavy atom. The summed E-state index contributed by atoms with van der Waals surface area (Å²) in [6.07, 6.45) is -3.75. The van der Waals surface area contributed by atoms with Crippen molar-refractivity contribution in [2.45, 2.75) is 25.1 Å². The van der Waals surface area contributed by atoms with Crippen LogP contribution in [0.15, 0.2) is 30.3 Å². The number of hydrogen-bond donors (Lipinski definition) is 2. The highest BCUT2D eigenvalue weighted by Crippen LogP contribution is 2.17. The molecule has 1 aromatic rings. The fraction of sp³-hybridized carbons (Fsp3) is 0.500. The minimum atomic E-state index is -4.51. The summed E-state index contributed by atoms with van der Waals surface area (Å²) in [6.45, 7) is -2.31. The zero-order chi connectivity index (χ0) is 15.9. The van der Waals surface area contributed by atoms with Crippen molar-refractivity contribution in [1.82, 2.24) is 4.90 Å². The molecule has 1 rings (SSSR count). The number of aliphatic hydroxyl groups excluding tert-OH is 1. The molecule has 0 radical (unpaired) electrons. The van der Waals surface area contributed by atoms with Gasteiger partial charge in [0, 0.05) is 6.54 Å². The highest BCUT2D eigenvalue weighted by molar-refractivity contribution is 5.81. The number of nitrogens with two attached hydrogens (primary N) is 1. The number of benzene rings is 1. The van der Waals surface area contributed by atoms with Crippen LogP contribution in [0.1, 0.15) is 12.0 Å². The number of carbonyl (C=O) groups excluding carboxylic acids is 1. The molecule has 0 fully saturated rings. The fourth-order valence-corrected chi connectivity index (χ4v) is 1.93. The lowest BCUT2D eigenvalue weighted by Crippen LogP contribution is -2.48. The number of carbonyl (C=O) groups is 1. The van der Waals surface area contributed by atoms with E-state index in [1.165, 1.54) is 0 Å². The molecule has 0 aliphatic heterocycles. The number of aliphatic hydroxyl groups is 1. The van der Waals surface area contributed by atoms with Crippen molar-refractivity contribution in [1.29, 1.82) is 0 Å². The molecular weight excluding hydrogens is 285 g/mol. The van der Waals surface area contributed by atoms with Gasteiger partial charge >= 0.3 is 6.18 Å². The van der Waals surface area contributed by atoms with E-state index in [-0.39, 0.29) is 13.0 Å². The van der Waals surface area contributed by atoms with Gasteiger partial charge in [0.15, 0.2) is 0 Å². The van der Waals surface area contributed by atoms with Gasteiger partial charge in [-0.3, -0.25) is 4.79 Å². The number of aryl methyl sites for hydroxylation is 1. The number of nitrogens with zero attached hydrogens (tertiary/aromatic N) is 1. The quantitative estimate of drug-likeness (QED) is 0.798. The summed E-state index contributed by atoms with van der Waals surface area (Å²) in [5.41, 5.74) is 6.64. The minimum absolute atomic E-state index is 0.253. The summed E-state index contributed by atoms with van der Waals surface area (Å²) in [6, 6.07) is 8.23. The normalized spacial score (nSPS) is 13.0. The Hall–Kier alpha value is -1.60. The van der Waals surface area contributed by atoms with Crippen LogP contribution >= 0.6 is 0 Å². The van der Waals surface area contributed by atoms with Gasteiger partial charge in [-0.2, -0.15) is 13.2 Å². The molecule has 1 unspecified atom stereocenters. The zero-order valence-electron chi connectivity index (χ0n) is 11.5. The van der Waals surface area contributed by atoms with E-state index < -0.39 is 31.3 Å². The van der Waals surface area contributed by atoms with Crippen LogP contribution in [0.25, 0.3) is 0 Å². The van der Waals surface area contributed by atoms with Gasteiger partial charge in [-0.05, 0) is 18.4 Å². The largest absolute Gasteiger partial charge is 0.406 e. The van der Waals surface area contributed by atoms with E-state index in [0.717, 1.165) is 5.56 Å². The molecule has 0 bridgehead atoms. The first-order valence-electron chi connectivity index (χ1n) is 6.59. The highest BCUT2D eigenvalue weighted by Gasteiger charge is 2.34. The third-order valence-corrected chi connectivity index (χ3v) is 2.96. The smallest absolute Gasteiger partial charge is 0.395 e. The fourth-order valence-electron chi connectivity index (χ4n) is 1.93. The Morgan fingerprint density at radius 3 is 2.43 bits per heavy atom. The van der Waals surface area contributed by atoms with Crippen LogP contribution in [0.3, 0.4) is 0 Å². The first-order chi connectivity index (χ1) is 9.83. The zero-order valence-corrected chi connectivity index (χ0v) is 11.5. The monoisotopic (exact) mass is 304 g/mol. The Morgan fingerprint density at radius 2 is 1.90 bits per heavy atom. The molecule has 1 aromatic carbocycles.